The van der Waals surface area contributed by atoms with Crippen molar-refractivity contribution in [1.82, 2.24) is 5.32 Å². The molecule has 0 heterocycles. The van der Waals surface area contributed by atoms with E-state index in [-0.39, 0.29) is 0 Å². The van der Waals surface area contributed by atoms with Crippen LogP contribution in [-0.4, -0.2) is 12.6 Å². The highest BCUT2D eigenvalue weighted by Crippen LogP contribution is 2.66. The first-order chi connectivity index (χ1) is 7.75. The van der Waals surface area contributed by atoms with E-state index in [1.165, 1.54) is 19.3 Å². The van der Waals surface area contributed by atoms with E-state index in [0.717, 1.165) is 23.2 Å². The van der Waals surface area contributed by atoms with Gasteiger partial charge in [-0.3, -0.25) is 0 Å². The highest BCUT2D eigenvalue weighted by atomic mass is 15.0. The second-order valence-electron chi connectivity index (χ2n) is 7.38. The third-order valence-corrected chi connectivity index (χ3v) is 6.74. The summed E-state index contributed by atoms with van der Waals surface area (Å²) < 4.78 is 0. The van der Waals surface area contributed by atoms with Gasteiger partial charge in [-0.15, -0.1) is 0 Å². The van der Waals surface area contributed by atoms with Crippen LogP contribution < -0.4 is 5.32 Å². The van der Waals surface area contributed by atoms with Gasteiger partial charge in [0.25, 0.3) is 0 Å². The predicted molar refractivity (Wildman–Crippen MR) is 66.2 cm³/mol. The zero-order valence-electron chi connectivity index (χ0n) is 10.6. The summed E-state index contributed by atoms with van der Waals surface area (Å²) in [5.41, 5.74) is 1.30. The number of nitrogens with one attached hydrogen (secondary N) is 1. The predicted octanol–water partition coefficient (Wildman–Crippen LogP) is 3.34. The molecule has 1 heteroatoms. The molecule has 90 valence electrons. The van der Waals surface area contributed by atoms with Gasteiger partial charge in [-0.25, -0.2) is 0 Å². The van der Waals surface area contributed by atoms with Gasteiger partial charge in [-0.05, 0) is 88.0 Å². The molecule has 0 amide bonds. The summed E-state index contributed by atoms with van der Waals surface area (Å²) in [5.74, 6) is 3.33. The first kappa shape index (κ1) is 9.94. The maximum atomic E-state index is 3.77. The lowest BCUT2D eigenvalue weighted by atomic mass is 9.41. The van der Waals surface area contributed by atoms with Crippen LogP contribution in [0.3, 0.4) is 0 Å². The van der Waals surface area contributed by atoms with Crippen molar-refractivity contribution in [2.75, 3.05) is 7.05 Å². The Hall–Kier alpha value is -0.0400. The third kappa shape index (κ3) is 1.06. The first-order valence-corrected chi connectivity index (χ1v) is 7.44. The standard InChI is InChI=1S/C15H25N/c1-16-15(3-2-4-15)14-8-11-5-12(9-14)7-13(6-11)10-14/h11-13,16H,2-10H2,1H3. The van der Waals surface area contributed by atoms with Crippen LogP contribution in [0.2, 0.25) is 0 Å². The molecule has 0 aromatic carbocycles. The van der Waals surface area contributed by atoms with Gasteiger partial charge >= 0.3 is 0 Å². The van der Waals surface area contributed by atoms with Crippen molar-refractivity contribution in [2.24, 2.45) is 23.2 Å². The Bertz CT molecular complexity index is 262. The third-order valence-electron chi connectivity index (χ3n) is 6.74. The van der Waals surface area contributed by atoms with Gasteiger partial charge in [0.1, 0.15) is 0 Å². The molecular formula is C15H25N. The molecule has 0 spiro atoms. The fourth-order valence-electron chi connectivity index (χ4n) is 6.27. The lowest BCUT2D eigenvalue weighted by Gasteiger charge is -2.66. The minimum Gasteiger partial charge on any atom is -0.314 e. The SMILES string of the molecule is CNC1(C23CC4CC(CC(C4)C2)C3)CCC1. The largest absolute Gasteiger partial charge is 0.314 e. The van der Waals surface area contributed by atoms with Gasteiger partial charge in [-0.2, -0.15) is 0 Å². The number of hydrogen-bond acceptors (Lipinski definition) is 1. The number of rotatable bonds is 2. The molecule has 5 fully saturated rings. The van der Waals surface area contributed by atoms with Crippen molar-refractivity contribution in [3.63, 3.8) is 0 Å². The molecule has 5 aliphatic carbocycles. The topological polar surface area (TPSA) is 12.0 Å². The minimum absolute atomic E-state index is 0.572. The van der Waals surface area contributed by atoms with Gasteiger partial charge in [0.15, 0.2) is 0 Å². The Morgan fingerprint density at radius 1 is 0.875 bits per heavy atom. The van der Waals surface area contributed by atoms with E-state index in [4.69, 9.17) is 0 Å². The van der Waals surface area contributed by atoms with E-state index in [9.17, 15) is 0 Å². The molecule has 16 heavy (non-hydrogen) atoms. The normalized spacial score (nSPS) is 52.7. The molecule has 0 aromatic rings. The van der Waals surface area contributed by atoms with Gasteiger partial charge in [-0.1, -0.05) is 0 Å². The van der Waals surface area contributed by atoms with E-state index in [1.54, 1.807) is 38.5 Å². The molecule has 1 N–H and O–H groups in total. The quantitative estimate of drug-likeness (QED) is 0.751. The van der Waals surface area contributed by atoms with Crippen LogP contribution in [0.1, 0.15) is 57.8 Å². The zero-order valence-corrected chi connectivity index (χ0v) is 10.6. The van der Waals surface area contributed by atoms with Crippen molar-refractivity contribution in [1.29, 1.82) is 0 Å². The summed E-state index contributed by atoms with van der Waals surface area (Å²) in [6.07, 6.45) is 13.9. The van der Waals surface area contributed by atoms with Crippen LogP contribution in [0.5, 0.6) is 0 Å². The zero-order chi connectivity index (χ0) is 10.8. The second kappa shape index (κ2) is 3.04. The van der Waals surface area contributed by atoms with Crippen molar-refractivity contribution < 1.29 is 0 Å². The monoisotopic (exact) mass is 219 g/mol. The van der Waals surface area contributed by atoms with E-state index in [1.807, 2.05) is 0 Å². The van der Waals surface area contributed by atoms with Crippen molar-refractivity contribution >= 4 is 0 Å². The molecule has 0 atom stereocenters. The average Bonchev–Trinajstić information content (AvgIpc) is 2.13. The first-order valence-electron chi connectivity index (χ1n) is 7.44. The second-order valence-corrected chi connectivity index (χ2v) is 7.38. The van der Waals surface area contributed by atoms with E-state index >= 15 is 0 Å². The number of hydrogen-bond donors (Lipinski definition) is 1. The molecule has 0 unspecified atom stereocenters. The summed E-state index contributed by atoms with van der Waals surface area (Å²) >= 11 is 0. The molecule has 0 aromatic heterocycles. The highest BCUT2D eigenvalue weighted by Gasteiger charge is 2.61. The summed E-state index contributed by atoms with van der Waals surface area (Å²) in [7, 11) is 2.23. The fraction of sp³-hybridized carbons (Fsp3) is 1.00. The smallest absolute Gasteiger partial charge is 0.0235 e. The van der Waals surface area contributed by atoms with Crippen LogP contribution in [-0.2, 0) is 0 Å². The lowest BCUT2D eigenvalue weighted by Crippen LogP contribution is -2.66. The van der Waals surface area contributed by atoms with Gasteiger partial charge in [0, 0.05) is 5.54 Å². The summed E-state index contributed by atoms with van der Waals surface area (Å²) in [6.45, 7) is 0. The Morgan fingerprint density at radius 3 is 1.69 bits per heavy atom. The molecule has 5 rings (SSSR count). The van der Waals surface area contributed by atoms with Crippen LogP contribution in [0.15, 0.2) is 0 Å². The molecule has 0 aliphatic heterocycles. The van der Waals surface area contributed by atoms with Gasteiger partial charge < -0.3 is 5.32 Å². The lowest BCUT2D eigenvalue weighted by molar-refractivity contribution is -0.130. The maximum Gasteiger partial charge on any atom is 0.0235 e. The van der Waals surface area contributed by atoms with Crippen molar-refractivity contribution in [3.05, 3.63) is 0 Å². The molecule has 0 saturated heterocycles. The Kier molecular flexibility index (Phi) is 1.89. The van der Waals surface area contributed by atoms with Gasteiger partial charge in [0.2, 0.25) is 0 Å². The Balaban J connectivity index is 1.70. The molecule has 5 aliphatic rings. The van der Waals surface area contributed by atoms with Crippen LogP contribution in [0, 0.1) is 23.2 Å². The molecule has 1 nitrogen and oxygen atoms in total. The Labute approximate surface area is 99.4 Å². The van der Waals surface area contributed by atoms with E-state index in [2.05, 4.69) is 12.4 Å². The van der Waals surface area contributed by atoms with Crippen LogP contribution in [0.25, 0.3) is 0 Å². The summed E-state index contributed by atoms with van der Waals surface area (Å²) in [5, 5.41) is 3.77. The molecular weight excluding hydrogens is 194 g/mol. The maximum absolute atomic E-state index is 3.77. The van der Waals surface area contributed by atoms with Crippen LogP contribution >= 0.6 is 0 Å². The molecule has 0 radical (unpaired) electrons. The molecule has 4 bridgehead atoms. The molecule has 5 saturated carbocycles. The minimum atomic E-state index is 0.572. The average molecular weight is 219 g/mol. The van der Waals surface area contributed by atoms with Crippen molar-refractivity contribution in [3.8, 4) is 0 Å². The fourth-order valence-corrected chi connectivity index (χ4v) is 6.27. The highest BCUT2D eigenvalue weighted by molar-refractivity contribution is 5.15. The summed E-state index contributed by atoms with van der Waals surface area (Å²) in [4.78, 5) is 0. The van der Waals surface area contributed by atoms with Gasteiger partial charge in [0.05, 0.1) is 0 Å². The van der Waals surface area contributed by atoms with Crippen LogP contribution in [0.4, 0.5) is 0 Å². The Morgan fingerprint density at radius 2 is 1.38 bits per heavy atom. The summed E-state index contributed by atoms with van der Waals surface area (Å²) in [6, 6.07) is 0. The van der Waals surface area contributed by atoms with Crippen molar-refractivity contribution in [2.45, 2.75) is 63.3 Å². The van der Waals surface area contributed by atoms with E-state index in [0.29, 0.717) is 5.54 Å². The van der Waals surface area contributed by atoms with E-state index < -0.39 is 0 Å².